The van der Waals surface area contributed by atoms with Gasteiger partial charge in [-0.3, -0.25) is 4.98 Å². The second kappa shape index (κ2) is 8.05. The summed E-state index contributed by atoms with van der Waals surface area (Å²) in [5.74, 6) is 1.85. The predicted molar refractivity (Wildman–Crippen MR) is 97.3 cm³/mol. The van der Waals surface area contributed by atoms with E-state index in [1.807, 2.05) is 37.3 Å². The highest BCUT2D eigenvalue weighted by Crippen LogP contribution is 2.17. The maximum absolute atomic E-state index is 5.05. The minimum Gasteiger partial charge on any atom is -0.481 e. The van der Waals surface area contributed by atoms with Crippen LogP contribution in [0.15, 0.2) is 48.8 Å². The second-order valence-electron chi connectivity index (χ2n) is 5.43. The maximum Gasteiger partial charge on any atom is 0.229 e. The molecule has 0 atom stereocenters. The van der Waals surface area contributed by atoms with Gasteiger partial charge < -0.3 is 15.4 Å². The summed E-state index contributed by atoms with van der Waals surface area (Å²) >= 11 is 0. The largest absolute Gasteiger partial charge is 0.481 e. The molecule has 7 nitrogen and oxygen atoms in total. The van der Waals surface area contributed by atoms with Crippen LogP contribution in [0.5, 0.6) is 5.88 Å². The van der Waals surface area contributed by atoms with Crippen molar-refractivity contribution in [2.24, 2.45) is 0 Å². The molecule has 0 aliphatic heterocycles. The van der Waals surface area contributed by atoms with Crippen molar-refractivity contribution in [2.75, 3.05) is 24.3 Å². The zero-order valence-electron chi connectivity index (χ0n) is 14.2. The molecule has 3 heterocycles. The van der Waals surface area contributed by atoms with Crippen LogP contribution < -0.4 is 15.4 Å². The third kappa shape index (κ3) is 4.87. The fourth-order valence-corrected chi connectivity index (χ4v) is 2.28. The number of methoxy groups -OCH3 is 1. The first-order valence-corrected chi connectivity index (χ1v) is 7.99. The molecule has 0 bridgehead atoms. The molecule has 2 N–H and O–H groups in total. The Morgan fingerprint density at radius 1 is 1.08 bits per heavy atom. The summed E-state index contributed by atoms with van der Waals surface area (Å²) in [4.78, 5) is 17.4. The lowest BCUT2D eigenvalue weighted by Gasteiger charge is -2.10. The van der Waals surface area contributed by atoms with Crippen molar-refractivity contribution in [3.05, 3.63) is 60.2 Å². The van der Waals surface area contributed by atoms with Crippen LogP contribution in [0.2, 0.25) is 0 Å². The van der Waals surface area contributed by atoms with E-state index in [1.54, 1.807) is 25.6 Å². The lowest BCUT2D eigenvalue weighted by atomic mass is 10.3. The van der Waals surface area contributed by atoms with E-state index in [0.717, 1.165) is 35.9 Å². The first kappa shape index (κ1) is 16.6. The van der Waals surface area contributed by atoms with Gasteiger partial charge in [-0.05, 0) is 25.1 Å². The normalized spacial score (nSPS) is 10.3. The van der Waals surface area contributed by atoms with E-state index in [2.05, 4.69) is 30.6 Å². The van der Waals surface area contributed by atoms with Gasteiger partial charge in [-0.15, -0.1) is 0 Å². The predicted octanol–water partition coefficient (Wildman–Crippen LogP) is 2.98. The van der Waals surface area contributed by atoms with Crippen LogP contribution in [0.4, 0.5) is 17.5 Å². The van der Waals surface area contributed by atoms with E-state index in [4.69, 9.17) is 4.74 Å². The zero-order chi connectivity index (χ0) is 17.5. The lowest BCUT2D eigenvalue weighted by Crippen LogP contribution is -2.09. The van der Waals surface area contributed by atoms with Crippen molar-refractivity contribution in [2.45, 2.75) is 13.3 Å². The molecule has 3 aromatic rings. The molecule has 0 radical (unpaired) electrons. The summed E-state index contributed by atoms with van der Waals surface area (Å²) in [6, 6.07) is 11.5. The fourth-order valence-electron chi connectivity index (χ4n) is 2.28. The molecule has 3 aromatic heterocycles. The number of hydrogen-bond donors (Lipinski definition) is 2. The monoisotopic (exact) mass is 336 g/mol. The number of ether oxygens (including phenoxy) is 1. The minimum absolute atomic E-state index is 0.521. The molecule has 7 heteroatoms. The molecule has 0 spiro atoms. The smallest absolute Gasteiger partial charge is 0.229 e. The Morgan fingerprint density at radius 3 is 2.72 bits per heavy atom. The van der Waals surface area contributed by atoms with Crippen LogP contribution in [-0.4, -0.2) is 33.6 Å². The summed E-state index contributed by atoms with van der Waals surface area (Å²) in [5, 5.41) is 6.46. The molecule has 0 fully saturated rings. The highest BCUT2D eigenvalue weighted by molar-refractivity contribution is 5.54. The van der Waals surface area contributed by atoms with Gasteiger partial charge in [0.05, 0.1) is 19.0 Å². The second-order valence-corrected chi connectivity index (χ2v) is 5.43. The van der Waals surface area contributed by atoms with Gasteiger partial charge in [0, 0.05) is 42.7 Å². The molecule has 0 unspecified atom stereocenters. The van der Waals surface area contributed by atoms with Gasteiger partial charge in [0.1, 0.15) is 5.82 Å². The summed E-state index contributed by atoms with van der Waals surface area (Å²) in [6.45, 7) is 2.68. The Morgan fingerprint density at radius 2 is 2.00 bits per heavy atom. The summed E-state index contributed by atoms with van der Waals surface area (Å²) in [6.07, 6.45) is 4.31. The van der Waals surface area contributed by atoms with E-state index in [9.17, 15) is 0 Å². The van der Waals surface area contributed by atoms with Crippen molar-refractivity contribution in [3.8, 4) is 5.88 Å². The molecule has 0 aliphatic carbocycles. The number of aryl methyl sites for hydroxylation is 1. The van der Waals surface area contributed by atoms with Gasteiger partial charge in [0.25, 0.3) is 0 Å². The average Bonchev–Trinajstić information content (AvgIpc) is 2.63. The molecule has 0 aromatic carbocycles. The molecule has 3 rings (SSSR count). The summed E-state index contributed by atoms with van der Waals surface area (Å²) < 4.78 is 5.05. The minimum atomic E-state index is 0.521. The number of aromatic nitrogens is 4. The third-order valence-electron chi connectivity index (χ3n) is 3.47. The number of nitrogens with zero attached hydrogens (tertiary/aromatic N) is 4. The van der Waals surface area contributed by atoms with Crippen LogP contribution in [0.3, 0.4) is 0 Å². The lowest BCUT2D eigenvalue weighted by molar-refractivity contribution is 0.398. The Labute approximate surface area is 146 Å². The van der Waals surface area contributed by atoms with E-state index in [-0.39, 0.29) is 0 Å². The summed E-state index contributed by atoms with van der Waals surface area (Å²) in [5.41, 5.74) is 2.72. The number of anilines is 3. The van der Waals surface area contributed by atoms with Crippen LogP contribution in [0.25, 0.3) is 0 Å². The van der Waals surface area contributed by atoms with E-state index >= 15 is 0 Å². The van der Waals surface area contributed by atoms with Crippen molar-refractivity contribution in [1.82, 2.24) is 19.9 Å². The van der Waals surface area contributed by atoms with Crippen LogP contribution >= 0.6 is 0 Å². The first-order chi connectivity index (χ1) is 12.2. The Balaban J connectivity index is 1.63. The Bertz CT molecular complexity index is 808. The topological polar surface area (TPSA) is 84.9 Å². The van der Waals surface area contributed by atoms with Crippen molar-refractivity contribution < 1.29 is 4.74 Å². The van der Waals surface area contributed by atoms with Gasteiger partial charge in [0.2, 0.25) is 11.8 Å². The van der Waals surface area contributed by atoms with Crippen LogP contribution in [0.1, 0.15) is 11.4 Å². The molecule has 0 aliphatic rings. The standard InChI is InChI=1S/C18H20N6O/c1-13-11-16(20-10-8-14-5-3-4-9-19-14)24-18(22-13)23-15-6-7-17(25-2)21-12-15/h3-7,9,11-12H,8,10H2,1-2H3,(H2,20,22,23,24). The van der Waals surface area contributed by atoms with Gasteiger partial charge in [0.15, 0.2) is 0 Å². The summed E-state index contributed by atoms with van der Waals surface area (Å²) in [7, 11) is 1.59. The van der Waals surface area contributed by atoms with Crippen LogP contribution in [0, 0.1) is 6.92 Å². The highest BCUT2D eigenvalue weighted by Gasteiger charge is 2.04. The first-order valence-electron chi connectivity index (χ1n) is 7.99. The molecule has 0 saturated heterocycles. The molecular formula is C18H20N6O. The maximum atomic E-state index is 5.05. The van der Waals surface area contributed by atoms with Gasteiger partial charge in [-0.1, -0.05) is 6.07 Å². The highest BCUT2D eigenvalue weighted by atomic mass is 16.5. The van der Waals surface area contributed by atoms with Crippen molar-refractivity contribution in [3.63, 3.8) is 0 Å². The number of rotatable bonds is 7. The van der Waals surface area contributed by atoms with Gasteiger partial charge >= 0.3 is 0 Å². The number of pyridine rings is 2. The van der Waals surface area contributed by atoms with Crippen molar-refractivity contribution in [1.29, 1.82) is 0 Å². The molecular weight excluding hydrogens is 316 g/mol. The van der Waals surface area contributed by atoms with E-state index < -0.39 is 0 Å². The van der Waals surface area contributed by atoms with E-state index in [1.165, 1.54) is 0 Å². The Hall–Kier alpha value is -3.22. The SMILES string of the molecule is COc1ccc(Nc2nc(C)cc(NCCc3ccccn3)n2)cn1. The fraction of sp³-hybridized carbons (Fsp3) is 0.222. The zero-order valence-corrected chi connectivity index (χ0v) is 14.2. The van der Waals surface area contributed by atoms with Crippen molar-refractivity contribution >= 4 is 17.5 Å². The van der Waals surface area contributed by atoms with Crippen LogP contribution in [-0.2, 0) is 6.42 Å². The average molecular weight is 336 g/mol. The third-order valence-corrected chi connectivity index (χ3v) is 3.47. The van der Waals surface area contributed by atoms with Gasteiger partial charge in [-0.25, -0.2) is 9.97 Å². The number of hydrogen-bond acceptors (Lipinski definition) is 7. The molecule has 0 saturated carbocycles. The Kier molecular flexibility index (Phi) is 5.36. The quantitative estimate of drug-likeness (QED) is 0.686. The number of nitrogens with one attached hydrogen (secondary N) is 2. The molecule has 128 valence electrons. The van der Waals surface area contributed by atoms with Gasteiger partial charge in [-0.2, -0.15) is 4.98 Å². The molecule has 0 amide bonds. The molecule has 25 heavy (non-hydrogen) atoms. The van der Waals surface area contributed by atoms with E-state index in [0.29, 0.717) is 11.8 Å².